The average Bonchev–Trinajstić information content (AvgIpc) is 3.36. The molecule has 2 aliphatic rings. The van der Waals surface area contributed by atoms with Crippen LogP contribution in [0.4, 0.5) is 26.7 Å². The summed E-state index contributed by atoms with van der Waals surface area (Å²) in [6.45, 7) is 0.486. The van der Waals surface area contributed by atoms with Crippen LogP contribution in [0.1, 0.15) is 60.9 Å². The number of rotatable bonds is 4. The Bertz CT molecular complexity index is 1410. The number of H-pyrrole nitrogens is 1. The number of likely N-dealkylation sites (tertiary alicyclic amines) is 1. The molecule has 2 atom stereocenters. The first-order valence-electron chi connectivity index (χ1n) is 12.5. The van der Waals surface area contributed by atoms with E-state index in [2.05, 4.69) is 20.5 Å². The molecular formula is C24H26F5N7O3. The van der Waals surface area contributed by atoms with Gasteiger partial charge in [-0.2, -0.15) is 13.2 Å². The number of aromatic hydroxyl groups is 1. The van der Waals surface area contributed by atoms with E-state index in [0.717, 1.165) is 6.07 Å². The smallest absolute Gasteiger partial charge is 0.396 e. The first kappa shape index (κ1) is 26.7. The summed E-state index contributed by atoms with van der Waals surface area (Å²) < 4.78 is 70.9. The summed E-state index contributed by atoms with van der Waals surface area (Å²) in [4.78, 5) is 28.9. The number of aromatic nitrogens is 5. The number of carbonyl (C=O) groups is 1. The van der Waals surface area contributed by atoms with Crippen molar-refractivity contribution in [1.29, 1.82) is 0 Å². The van der Waals surface area contributed by atoms with Crippen LogP contribution in [0.5, 0.6) is 5.88 Å². The molecule has 4 heterocycles. The van der Waals surface area contributed by atoms with Crippen LogP contribution in [0.25, 0.3) is 0 Å². The van der Waals surface area contributed by atoms with Gasteiger partial charge < -0.3 is 19.9 Å². The van der Waals surface area contributed by atoms with Crippen molar-refractivity contribution < 1.29 is 31.9 Å². The topological polar surface area (TPSA) is 121 Å². The molecule has 0 saturated carbocycles. The quantitative estimate of drug-likeness (QED) is 0.426. The summed E-state index contributed by atoms with van der Waals surface area (Å²) >= 11 is 0. The first-order chi connectivity index (χ1) is 18.5. The number of aromatic amines is 1. The van der Waals surface area contributed by atoms with Gasteiger partial charge in [0.1, 0.15) is 12.2 Å². The highest BCUT2D eigenvalue weighted by Crippen LogP contribution is 2.36. The van der Waals surface area contributed by atoms with E-state index in [9.17, 15) is 36.6 Å². The van der Waals surface area contributed by atoms with E-state index in [-0.39, 0.29) is 48.5 Å². The molecule has 210 valence electrons. The molecule has 1 aromatic carbocycles. The Hall–Kier alpha value is -3.91. The van der Waals surface area contributed by atoms with Gasteiger partial charge in [-0.15, -0.1) is 10.2 Å². The van der Waals surface area contributed by atoms with Crippen molar-refractivity contribution in [2.75, 3.05) is 13.1 Å². The van der Waals surface area contributed by atoms with Crippen LogP contribution < -0.4 is 11.0 Å². The summed E-state index contributed by atoms with van der Waals surface area (Å²) in [5.41, 5.74) is -0.417. The fourth-order valence-corrected chi connectivity index (χ4v) is 5.41. The molecule has 2 aromatic heterocycles. The second-order valence-electron chi connectivity index (χ2n) is 9.87. The van der Waals surface area contributed by atoms with Crippen molar-refractivity contribution in [1.82, 2.24) is 34.5 Å². The van der Waals surface area contributed by atoms with Crippen LogP contribution in [0.3, 0.4) is 0 Å². The minimum Gasteiger partial charge on any atom is -0.493 e. The summed E-state index contributed by atoms with van der Waals surface area (Å²) in [5.74, 6) is -3.29. The number of fused-ring (bicyclic) bond motifs is 1. The van der Waals surface area contributed by atoms with Crippen LogP contribution in [-0.4, -0.2) is 59.6 Å². The normalized spacial score (nSPS) is 20.5. The van der Waals surface area contributed by atoms with Crippen LogP contribution in [-0.2, 0) is 13.0 Å². The predicted molar refractivity (Wildman–Crippen MR) is 126 cm³/mol. The number of nitrogens with one attached hydrogen (secondary N) is 2. The maximum Gasteiger partial charge on any atom is 0.396 e. The third kappa shape index (κ3) is 5.61. The van der Waals surface area contributed by atoms with E-state index in [1.54, 1.807) is 0 Å². The average molecular weight is 556 g/mol. The molecule has 2 amide bonds. The molecular weight excluding hydrogens is 529 g/mol. The summed E-state index contributed by atoms with van der Waals surface area (Å²) in [5, 5.41) is 20.0. The zero-order valence-electron chi connectivity index (χ0n) is 20.6. The Labute approximate surface area is 218 Å². The minimum absolute atomic E-state index is 0.0349. The highest BCUT2D eigenvalue weighted by atomic mass is 19.4. The van der Waals surface area contributed by atoms with Crippen molar-refractivity contribution in [3.05, 3.63) is 63.7 Å². The lowest BCUT2D eigenvalue weighted by Gasteiger charge is -2.33. The fraction of sp³-hybridized carbons (Fsp3) is 0.500. The summed E-state index contributed by atoms with van der Waals surface area (Å²) in [7, 11) is 0. The molecule has 0 bridgehead atoms. The second kappa shape index (κ2) is 10.3. The Morgan fingerprint density at radius 1 is 1.13 bits per heavy atom. The first-order valence-corrected chi connectivity index (χ1v) is 12.5. The Balaban J connectivity index is 1.34. The van der Waals surface area contributed by atoms with Crippen molar-refractivity contribution in [3.63, 3.8) is 0 Å². The molecule has 3 N–H and O–H groups in total. The number of carbonyl (C=O) groups excluding carboxylic acids is 1. The summed E-state index contributed by atoms with van der Waals surface area (Å²) in [6.07, 6.45) is -3.27. The molecule has 1 fully saturated rings. The second-order valence-corrected chi connectivity index (χ2v) is 9.87. The van der Waals surface area contributed by atoms with E-state index in [1.165, 1.54) is 32.4 Å². The minimum atomic E-state index is -4.57. The van der Waals surface area contributed by atoms with Gasteiger partial charge in [-0.05, 0) is 37.3 Å². The van der Waals surface area contributed by atoms with E-state index < -0.39 is 47.9 Å². The Morgan fingerprint density at radius 3 is 2.54 bits per heavy atom. The maximum absolute atomic E-state index is 14.6. The number of nitrogens with zero attached hydrogens (tertiary/aromatic N) is 5. The van der Waals surface area contributed by atoms with Gasteiger partial charge in [-0.3, -0.25) is 9.55 Å². The highest BCUT2D eigenvalue weighted by Gasteiger charge is 2.36. The van der Waals surface area contributed by atoms with Crippen molar-refractivity contribution in [2.45, 2.75) is 62.8 Å². The largest absolute Gasteiger partial charge is 0.493 e. The maximum atomic E-state index is 14.6. The Morgan fingerprint density at radius 2 is 1.87 bits per heavy atom. The van der Waals surface area contributed by atoms with Gasteiger partial charge in [0.25, 0.3) is 0 Å². The number of urea groups is 1. The van der Waals surface area contributed by atoms with Gasteiger partial charge in [-0.1, -0.05) is 12.1 Å². The van der Waals surface area contributed by atoms with Gasteiger partial charge in [0.15, 0.2) is 17.5 Å². The van der Waals surface area contributed by atoms with Crippen LogP contribution in [0.15, 0.2) is 29.2 Å². The lowest BCUT2D eigenvalue weighted by molar-refractivity contribution is -0.129. The van der Waals surface area contributed by atoms with Crippen LogP contribution >= 0.6 is 0 Å². The zero-order valence-corrected chi connectivity index (χ0v) is 20.6. The number of piperidine rings is 1. The lowest BCUT2D eigenvalue weighted by atomic mass is 9.93. The predicted octanol–water partition coefficient (Wildman–Crippen LogP) is 3.52. The number of halogens is 5. The number of hydrogen-bond donors (Lipinski definition) is 3. The monoisotopic (exact) mass is 555 g/mol. The Kier molecular flexibility index (Phi) is 7.07. The number of hydrogen-bond acceptors (Lipinski definition) is 5. The number of amides is 2. The molecule has 0 radical (unpaired) electrons. The lowest BCUT2D eigenvalue weighted by Crippen LogP contribution is -2.46. The number of benzene rings is 1. The summed E-state index contributed by atoms with van der Waals surface area (Å²) in [6, 6.07) is 2.21. The third-order valence-corrected chi connectivity index (χ3v) is 7.33. The zero-order chi connectivity index (χ0) is 27.9. The van der Waals surface area contributed by atoms with Gasteiger partial charge >= 0.3 is 17.9 Å². The van der Waals surface area contributed by atoms with E-state index in [1.807, 2.05) is 0 Å². The van der Waals surface area contributed by atoms with Crippen molar-refractivity contribution in [3.8, 4) is 5.88 Å². The van der Waals surface area contributed by atoms with Crippen LogP contribution in [0.2, 0.25) is 0 Å². The molecule has 2 aliphatic heterocycles. The fourth-order valence-electron chi connectivity index (χ4n) is 5.41. The molecule has 10 nitrogen and oxygen atoms in total. The molecule has 0 unspecified atom stereocenters. The van der Waals surface area contributed by atoms with Crippen LogP contribution in [0, 0.1) is 11.6 Å². The van der Waals surface area contributed by atoms with Gasteiger partial charge in [-0.25, -0.2) is 18.4 Å². The van der Waals surface area contributed by atoms with Crippen molar-refractivity contribution in [2.24, 2.45) is 0 Å². The van der Waals surface area contributed by atoms with Gasteiger partial charge in [0.05, 0.1) is 12.2 Å². The molecule has 5 rings (SSSR count). The molecule has 3 aromatic rings. The number of alkyl halides is 3. The van der Waals surface area contributed by atoms with E-state index in [4.69, 9.17) is 0 Å². The number of imidazole rings is 1. The molecule has 0 aliphatic carbocycles. The van der Waals surface area contributed by atoms with E-state index >= 15 is 0 Å². The molecule has 1 saturated heterocycles. The van der Waals surface area contributed by atoms with E-state index in [0.29, 0.717) is 25.9 Å². The molecule has 0 spiro atoms. The highest BCUT2D eigenvalue weighted by molar-refractivity contribution is 5.74. The molecule has 15 heteroatoms. The van der Waals surface area contributed by atoms with Gasteiger partial charge in [0, 0.05) is 31.6 Å². The standard InChI is InChI=1S/C24H26F5N7O3/c25-16-3-1-2-15(20(16)26)13-4-5-17(21-33-32-18(36(21)11-13)10-24(27,28)29)30-22(38)34-8-6-14(7-9-34)35-12-19(37)31-23(35)39/h1-3,12-14,17,37H,4-11H2,(H,30,38)(H,31,39)/t13-,17-/m1/s1. The SMILES string of the molecule is O=C(N[C@@H]1CC[C@@H](c2cccc(F)c2F)Cn2c(CC(F)(F)F)nnc21)N1CCC(n2cc(O)[nH]c2=O)CC1. The molecule has 39 heavy (non-hydrogen) atoms. The van der Waals surface area contributed by atoms with Gasteiger partial charge in [0.2, 0.25) is 5.88 Å². The van der Waals surface area contributed by atoms with Crippen molar-refractivity contribution >= 4 is 6.03 Å². The third-order valence-electron chi connectivity index (χ3n) is 7.33.